The monoisotopic (exact) mass is 377 g/mol. The lowest BCUT2D eigenvalue weighted by molar-refractivity contribution is 0.262. The standard InChI is InChI=1S/C21H18FN5O/c22-15-3-1-4-16(12-15)25-21(28)26-18-5-2-6-19-17(18)8-10-27(19)13-14-7-9-24-20(23)11-14/h1-12H,13H2,(H2,23,24)(H2,25,26,28)/i13D2. The Balaban J connectivity index is 1.64. The van der Waals surface area contributed by atoms with Gasteiger partial charge in [0.15, 0.2) is 0 Å². The Hall–Kier alpha value is -3.87. The molecule has 28 heavy (non-hydrogen) atoms. The van der Waals surface area contributed by atoms with Crippen LogP contribution in [0.1, 0.15) is 8.30 Å². The Morgan fingerprint density at radius 2 is 2.00 bits per heavy atom. The normalized spacial score (nSPS) is 12.3. The molecular formula is C21H18FN5O. The maximum Gasteiger partial charge on any atom is 0.323 e. The molecule has 0 unspecified atom stereocenters. The Labute approximate surface area is 163 Å². The summed E-state index contributed by atoms with van der Waals surface area (Å²) < 4.78 is 32.0. The number of hydrogen-bond donors (Lipinski definition) is 3. The van der Waals surface area contributed by atoms with Crippen molar-refractivity contribution in [2.24, 2.45) is 0 Å². The summed E-state index contributed by atoms with van der Waals surface area (Å²) in [7, 11) is 0. The fraction of sp³-hybridized carbons (Fsp3) is 0.0476. The summed E-state index contributed by atoms with van der Waals surface area (Å²) in [5, 5.41) is 5.95. The van der Waals surface area contributed by atoms with E-state index in [1.54, 1.807) is 42.6 Å². The van der Waals surface area contributed by atoms with Gasteiger partial charge in [-0.2, -0.15) is 0 Å². The summed E-state index contributed by atoms with van der Waals surface area (Å²) in [4.78, 5) is 16.3. The molecule has 140 valence electrons. The van der Waals surface area contributed by atoms with Crippen molar-refractivity contribution in [3.05, 3.63) is 84.4 Å². The number of halogens is 1. The number of hydrogen-bond acceptors (Lipinski definition) is 3. The molecule has 0 saturated heterocycles. The molecule has 2 aromatic heterocycles. The van der Waals surface area contributed by atoms with Crippen molar-refractivity contribution in [2.75, 3.05) is 16.4 Å². The number of amides is 2. The Morgan fingerprint density at radius 3 is 2.82 bits per heavy atom. The van der Waals surface area contributed by atoms with E-state index in [-0.39, 0.29) is 5.82 Å². The molecular weight excluding hydrogens is 357 g/mol. The Kier molecular flexibility index (Phi) is 4.02. The highest BCUT2D eigenvalue weighted by Gasteiger charge is 2.10. The largest absolute Gasteiger partial charge is 0.384 e. The average molecular weight is 377 g/mol. The van der Waals surface area contributed by atoms with E-state index in [1.807, 2.05) is 0 Å². The minimum absolute atomic E-state index is 0.226. The Bertz CT molecular complexity index is 1240. The van der Waals surface area contributed by atoms with Crippen LogP contribution in [-0.4, -0.2) is 15.6 Å². The second kappa shape index (κ2) is 7.40. The Morgan fingerprint density at radius 1 is 1.14 bits per heavy atom. The molecule has 0 aliphatic rings. The number of rotatable bonds is 4. The first kappa shape index (κ1) is 15.2. The molecule has 0 radical (unpaired) electrons. The second-order valence-electron chi connectivity index (χ2n) is 6.09. The molecule has 0 aliphatic heterocycles. The molecule has 2 heterocycles. The maximum atomic E-state index is 13.3. The molecule has 0 aliphatic carbocycles. The van der Waals surface area contributed by atoms with Gasteiger partial charge in [0.2, 0.25) is 0 Å². The second-order valence-corrected chi connectivity index (χ2v) is 6.09. The number of benzene rings is 2. The zero-order valence-corrected chi connectivity index (χ0v) is 14.7. The van der Waals surface area contributed by atoms with Crippen LogP contribution in [0.5, 0.6) is 0 Å². The van der Waals surface area contributed by atoms with Crippen LogP contribution in [-0.2, 0) is 6.50 Å². The average Bonchev–Trinajstić information content (AvgIpc) is 3.14. The molecule has 2 aromatic carbocycles. The fourth-order valence-electron chi connectivity index (χ4n) is 2.88. The molecule has 0 atom stereocenters. The number of anilines is 3. The van der Waals surface area contributed by atoms with Crippen molar-refractivity contribution in [1.29, 1.82) is 0 Å². The first-order valence-corrected chi connectivity index (χ1v) is 8.51. The van der Waals surface area contributed by atoms with E-state index >= 15 is 0 Å². The highest BCUT2D eigenvalue weighted by atomic mass is 19.1. The van der Waals surface area contributed by atoms with Crippen molar-refractivity contribution in [2.45, 2.75) is 6.50 Å². The number of nitrogen functional groups attached to an aromatic ring is 1. The van der Waals surface area contributed by atoms with Gasteiger partial charge in [-0.3, -0.25) is 0 Å². The van der Waals surface area contributed by atoms with Crippen molar-refractivity contribution in [3.8, 4) is 0 Å². The quantitative estimate of drug-likeness (QED) is 0.491. The van der Waals surface area contributed by atoms with Crippen molar-refractivity contribution >= 4 is 34.1 Å². The van der Waals surface area contributed by atoms with Gasteiger partial charge < -0.3 is 20.9 Å². The van der Waals surface area contributed by atoms with Crippen LogP contribution in [0.15, 0.2) is 73.1 Å². The van der Waals surface area contributed by atoms with Crippen LogP contribution in [0.2, 0.25) is 0 Å². The summed E-state index contributed by atoms with van der Waals surface area (Å²) in [6, 6.07) is 15.0. The summed E-state index contributed by atoms with van der Waals surface area (Å²) in [6.45, 7) is -1.89. The van der Waals surface area contributed by atoms with Crippen LogP contribution in [0.3, 0.4) is 0 Å². The first-order chi connectivity index (χ1) is 14.3. The summed E-state index contributed by atoms with van der Waals surface area (Å²) >= 11 is 0. The molecule has 0 spiro atoms. The van der Waals surface area contributed by atoms with E-state index in [0.29, 0.717) is 27.8 Å². The van der Waals surface area contributed by atoms with Crippen LogP contribution in [0, 0.1) is 5.82 Å². The minimum Gasteiger partial charge on any atom is -0.384 e. The third-order valence-electron chi connectivity index (χ3n) is 4.09. The molecule has 6 nitrogen and oxygen atoms in total. The SMILES string of the molecule is [2H]C([2H])(c1ccnc(N)c1)n1ccc2c(NC(=O)Nc3cccc(F)c3)cccc21. The van der Waals surface area contributed by atoms with Crippen molar-refractivity contribution < 1.29 is 11.9 Å². The van der Waals surface area contributed by atoms with Crippen molar-refractivity contribution in [3.63, 3.8) is 0 Å². The number of nitrogens with one attached hydrogen (secondary N) is 2. The molecule has 4 N–H and O–H groups in total. The van der Waals surface area contributed by atoms with E-state index < -0.39 is 18.3 Å². The zero-order valence-electron chi connectivity index (χ0n) is 16.7. The number of carbonyl (C=O) groups excluding carboxylic acids is 1. The number of urea groups is 1. The molecule has 0 bridgehead atoms. The predicted octanol–water partition coefficient (Wildman–Crippen LogP) is 4.45. The molecule has 7 heteroatoms. The number of fused-ring (bicyclic) bond motifs is 1. The van der Waals surface area contributed by atoms with Crippen molar-refractivity contribution in [1.82, 2.24) is 9.55 Å². The third kappa shape index (κ3) is 3.78. The topological polar surface area (TPSA) is 85.0 Å². The highest BCUT2D eigenvalue weighted by molar-refractivity contribution is 6.05. The summed E-state index contributed by atoms with van der Waals surface area (Å²) in [6.07, 6.45) is 3.06. The first-order valence-electron chi connectivity index (χ1n) is 9.51. The van der Waals surface area contributed by atoms with Gasteiger partial charge in [0, 0.05) is 30.0 Å². The number of carbonyl (C=O) groups is 1. The zero-order chi connectivity index (χ0) is 21.3. The molecule has 0 saturated carbocycles. The highest BCUT2D eigenvalue weighted by Crippen LogP contribution is 2.25. The summed E-state index contributed by atoms with van der Waals surface area (Å²) in [5.74, 6) is -0.227. The van der Waals surface area contributed by atoms with Crippen LogP contribution < -0.4 is 16.4 Å². The molecule has 4 rings (SSSR count). The van der Waals surface area contributed by atoms with E-state index in [1.165, 1.54) is 35.0 Å². The van der Waals surface area contributed by atoms with Gasteiger partial charge in [0.25, 0.3) is 0 Å². The lowest BCUT2D eigenvalue weighted by Gasteiger charge is -2.10. The number of nitrogens with zero attached hydrogens (tertiary/aromatic N) is 2. The van der Waals surface area contributed by atoms with E-state index in [2.05, 4.69) is 15.6 Å². The van der Waals surface area contributed by atoms with Crippen LogP contribution in [0.25, 0.3) is 10.9 Å². The fourth-order valence-corrected chi connectivity index (χ4v) is 2.88. The number of aromatic nitrogens is 2. The smallest absolute Gasteiger partial charge is 0.323 e. The minimum atomic E-state index is -1.89. The molecule has 0 fully saturated rings. The number of nitrogens with two attached hydrogens (primary N) is 1. The van der Waals surface area contributed by atoms with Gasteiger partial charge in [0.1, 0.15) is 11.6 Å². The van der Waals surface area contributed by atoms with Gasteiger partial charge in [-0.05, 0) is 54.1 Å². The lowest BCUT2D eigenvalue weighted by atomic mass is 10.2. The van der Waals surface area contributed by atoms with E-state index in [9.17, 15) is 9.18 Å². The molecule has 4 aromatic rings. The van der Waals surface area contributed by atoms with Gasteiger partial charge >= 0.3 is 6.03 Å². The number of pyridine rings is 1. The predicted molar refractivity (Wildman–Crippen MR) is 109 cm³/mol. The third-order valence-corrected chi connectivity index (χ3v) is 4.09. The van der Waals surface area contributed by atoms with Gasteiger partial charge in [-0.1, -0.05) is 12.1 Å². The molecule has 2 amide bonds. The summed E-state index contributed by atoms with van der Waals surface area (Å²) in [5.41, 5.74) is 7.46. The van der Waals surface area contributed by atoms with E-state index in [4.69, 9.17) is 8.48 Å². The lowest BCUT2D eigenvalue weighted by Crippen LogP contribution is -2.19. The van der Waals surface area contributed by atoms with E-state index in [0.717, 1.165) is 0 Å². The van der Waals surface area contributed by atoms with Crippen LogP contribution >= 0.6 is 0 Å². The van der Waals surface area contributed by atoms with Gasteiger partial charge in [-0.25, -0.2) is 14.2 Å². The van der Waals surface area contributed by atoms with Gasteiger partial charge in [0.05, 0.1) is 13.9 Å². The van der Waals surface area contributed by atoms with Crippen LogP contribution in [0.4, 0.5) is 26.4 Å². The van der Waals surface area contributed by atoms with Gasteiger partial charge in [-0.15, -0.1) is 0 Å². The maximum absolute atomic E-state index is 13.3.